The van der Waals surface area contributed by atoms with Crippen molar-refractivity contribution in [3.05, 3.63) is 0 Å². The summed E-state index contributed by atoms with van der Waals surface area (Å²) in [6.45, 7) is 9.16. The van der Waals surface area contributed by atoms with Gasteiger partial charge in [0.2, 0.25) is 0 Å². The van der Waals surface area contributed by atoms with Crippen LogP contribution in [0, 0.1) is 0 Å². The topological polar surface area (TPSA) is 27.7 Å². The van der Waals surface area contributed by atoms with Gasteiger partial charge in [-0.15, -0.1) is 0 Å². The maximum absolute atomic E-state index is 5.35. The maximum atomic E-state index is 5.35. The molecule has 2 unspecified atom stereocenters. The Morgan fingerprint density at radius 1 is 1.00 bits per heavy atom. The molecule has 0 N–H and O–H groups in total. The highest BCUT2D eigenvalue weighted by Crippen LogP contribution is 2.01. The minimum Gasteiger partial charge on any atom is -0.353 e. The molecule has 12 heavy (non-hydrogen) atoms. The van der Waals surface area contributed by atoms with E-state index in [0.717, 1.165) is 13.0 Å². The molecule has 0 fully saturated rings. The Labute approximate surface area is 75.0 Å². The third-order valence-electron chi connectivity index (χ3n) is 1.34. The third-order valence-corrected chi connectivity index (χ3v) is 1.34. The largest absolute Gasteiger partial charge is 0.353 e. The molecule has 0 heterocycles. The summed E-state index contributed by atoms with van der Waals surface area (Å²) in [6.07, 6.45) is 0.657. The lowest BCUT2D eigenvalue weighted by Gasteiger charge is -2.18. The molecule has 0 spiro atoms. The first-order valence-electron chi connectivity index (χ1n) is 4.59. The molecule has 0 aromatic carbocycles. The van der Waals surface area contributed by atoms with Crippen LogP contribution in [0.25, 0.3) is 0 Å². The predicted octanol–water partition coefficient (Wildman–Crippen LogP) is 2.16. The molecular weight excluding hydrogens is 156 g/mol. The van der Waals surface area contributed by atoms with Crippen LogP contribution in [0.15, 0.2) is 0 Å². The molecule has 3 nitrogen and oxygen atoms in total. The summed E-state index contributed by atoms with van der Waals surface area (Å²) in [5.74, 6) is 0. The summed E-state index contributed by atoms with van der Waals surface area (Å²) in [5, 5.41) is 0. The summed E-state index contributed by atoms with van der Waals surface area (Å²) in [7, 11) is 0. The highest BCUT2D eigenvalue weighted by atomic mass is 16.8. The van der Waals surface area contributed by atoms with Crippen molar-refractivity contribution in [2.75, 3.05) is 13.2 Å². The van der Waals surface area contributed by atoms with E-state index in [2.05, 4.69) is 6.92 Å². The van der Waals surface area contributed by atoms with Gasteiger partial charge in [0.15, 0.2) is 12.6 Å². The monoisotopic (exact) mass is 176 g/mol. The van der Waals surface area contributed by atoms with Crippen molar-refractivity contribution >= 4 is 0 Å². The van der Waals surface area contributed by atoms with Crippen LogP contribution in [0.3, 0.4) is 0 Å². The molecule has 0 bridgehead atoms. The predicted molar refractivity (Wildman–Crippen MR) is 47.9 cm³/mol. The summed E-state index contributed by atoms with van der Waals surface area (Å²) >= 11 is 0. The number of rotatable bonds is 7. The second kappa shape index (κ2) is 7.53. The van der Waals surface area contributed by atoms with Gasteiger partial charge in [-0.3, -0.25) is 0 Å². The minimum atomic E-state index is -0.179. The highest BCUT2D eigenvalue weighted by Gasteiger charge is 2.06. The van der Waals surface area contributed by atoms with Crippen LogP contribution in [0.4, 0.5) is 0 Å². The number of hydrogen-bond donors (Lipinski definition) is 0. The maximum Gasteiger partial charge on any atom is 0.157 e. The quantitative estimate of drug-likeness (QED) is 0.556. The summed E-state index contributed by atoms with van der Waals surface area (Å²) in [4.78, 5) is 0. The second-order valence-electron chi connectivity index (χ2n) is 2.60. The van der Waals surface area contributed by atoms with Crippen LogP contribution < -0.4 is 0 Å². The second-order valence-corrected chi connectivity index (χ2v) is 2.60. The molecule has 0 aliphatic carbocycles. The molecular formula is C9H20O3. The van der Waals surface area contributed by atoms with Crippen LogP contribution in [0.2, 0.25) is 0 Å². The van der Waals surface area contributed by atoms with Gasteiger partial charge in [-0.2, -0.15) is 0 Å². The molecule has 0 rings (SSSR count). The van der Waals surface area contributed by atoms with E-state index in [-0.39, 0.29) is 12.6 Å². The first-order chi connectivity index (χ1) is 5.70. The zero-order valence-electron chi connectivity index (χ0n) is 8.50. The van der Waals surface area contributed by atoms with Gasteiger partial charge in [0.05, 0.1) is 0 Å². The van der Waals surface area contributed by atoms with Crippen molar-refractivity contribution in [2.45, 2.75) is 46.7 Å². The zero-order valence-corrected chi connectivity index (χ0v) is 8.50. The molecule has 0 saturated heterocycles. The SMILES string of the molecule is CCCOC(C)OC(C)OCC. The number of ether oxygens (including phenoxy) is 3. The van der Waals surface area contributed by atoms with Gasteiger partial charge in [-0.1, -0.05) is 6.92 Å². The Hall–Kier alpha value is -0.120. The average molecular weight is 176 g/mol. The van der Waals surface area contributed by atoms with Crippen LogP contribution in [-0.2, 0) is 14.2 Å². The highest BCUT2D eigenvalue weighted by molar-refractivity contribution is 4.35. The normalized spacial score (nSPS) is 16.0. The fraction of sp³-hybridized carbons (Fsp3) is 1.00. The van der Waals surface area contributed by atoms with Crippen molar-refractivity contribution in [1.82, 2.24) is 0 Å². The standard InChI is InChI=1S/C9H20O3/c1-5-7-11-9(4)12-8(3)10-6-2/h8-9H,5-7H2,1-4H3. The van der Waals surface area contributed by atoms with Crippen molar-refractivity contribution in [3.8, 4) is 0 Å². The molecule has 0 radical (unpaired) electrons. The summed E-state index contributed by atoms with van der Waals surface area (Å²) in [6, 6.07) is 0. The Morgan fingerprint density at radius 2 is 1.58 bits per heavy atom. The van der Waals surface area contributed by atoms with E-state index >= 15 is 0 Å². The molecule has 74 valence electrons. The van der Waals surface area contributed by atoms with Gasteiger partial charge in [-0.25, -0.2) is 0 Å². The lowest BCUT2D eigenvalue weighted by Crippen LogP contribution is -2.22. The van der Waals surface area contributed by atoms with Gasteiger partial charge >= 0.3 is 0 Å². The van der Waals surface area contributed by atoms with Crippen molar-refractivity contribution in [3.63, 3.8) is 0 Å². The van der Waals surface area contributed by atoms with Crippen LogP contribution in [-0.4, -0.2) is 25.8 Å². The lowest BCUT2D eigenvalue weighted by atomic mass is 10.5. The van der Waals surface area contributed by atoms with E-state index in [1.807, 2.05) is 20.8 Å². The van der Waals surface area contributed by atoms with Gasteiger partial charge in [0, 0.05) is 13.2 Å². The number of hydrogen-bond acceptors (Lipinski definition) is 3. The molecule has 0 aliphatic rings. The first-order valence-corrected chi connectivity index (χ1v) is 4.59. The van der Waals surface area contributed by atoms with Gasteiger partial charge in [-0.05, 0) is 27.2 Å². The third kappa shape index (κ3) is 6.58. The summed E-state index contributed by atoms with van der Waals surface area (Å²) in [5.41, 5.74) is 0. The molecule has 0 saturated carbocycles. The van der Waals surface area contributed by atoms with Crippen LogP contribution in [0.1, 0.15) is 34.1 Å². The molecule has 0 aromatic heterocycles. The van der Waals surface area contributed by atoms with E-state index in [9.17, 15) is 0 Å². The van der Waals surface area contributed by atoms with Crippen LogP contribution in [0.5, 0.6) is 0 Å². The fourth-order valence-electron chi connectivity index (χ4n) is 0.867. The van der Waals surface area contributed by atoms with E-state index in [1.54, 1.807) is 0 Å². The molecule has 0 amide bonds. The van der Waals surface area contributed by atoms with E-state index in [1.165, 1.54) is 0 Å². The van der Waals surface area contributed by atoms with Crippen molar-refractivity contribution < 1.29 is 14.2 Å². The Kier molecular flexibility index (Phi) is 7.45. The zero-order chi connectivity index (χ0) is 9.40. The Bertz CT molecular complexity index is 95.8. The summed E-state index contributed by atoms with van der Waals surface area (Å²) < 4.78 is 15.8. The minimum absolute atomic E-state index is 0.175. The van der Waals surface area contributed by atoms with Gasteiger partial charge in [0.25, 0.3) is 0 Å². The Balaban J connectivity index is 3.33. The smallest absolute Gasteiger partial charge is 0.157 e. The molecule has 0 aromatic rings. The fourth-order valence-corrected chi connectivity index (χ4v) is 0.867. The first kappa shape index (κ1) is 11.9. The molecule has 2 atom stereocenters. The lowest BCUT2D eigenvalue weighted by molar-refractivity contribution is -0.229. The average Bonchev–Trinajstić information content (AvgIpc) is 2.01. The molecule has 0 aliphatic heterocycles. The van der Waals surface area contributed by atoms with E-state index < -0.39 is 0 Å². The Morgan fingerprint density at radius 3 is 2.08 bits per heavy atom. The van der Waals surface area contributed by atoms with Gasteiger partial charge < -0.3 is 14.2 Å². The van der Waals surface area contributed by atoms with Crippen molar-refractivity contribution in [1.29, 1.82) is 0 Å². The van der Waals surface area contributed by atoms with Crippen molar-refractivity contribution in [2.24, 2.45) is 0 Å². The van der Waals surface area contributed by atoms with E-state index in [4.69, 9.17) is 14.2 Å². The van der Waals surface area contributed by atoms with E-state index in [0.29, 0.717) is 6.61 Å². The molecule has 3 heteroatoms. The van der Waals surface area contributed by atoms with Gasteiger partial charge in [0.1, 0.15) is 0 Å². The van der Waals surface area contributed by atoms with Crippen LogP contribution >= 0.6 is 0 Å².